The zero-order chi connectivity index (χ0) is 13.8. The molecule has 0 aromatic heterocycles. The molecule has 2 rings (SSSR count). The molecule has 0 fully saturated rings. The van der Waals surface area contributed by atoms with E-state index < -0.39 is 0 Å². The summed E-state index contributed by atoms with van der Waals surface area (Å²) in [6.45, 7) is 2.08. The van der Waals surface area contributed by atoms with Gasteiger partial charge in [0.15, 0.2) is 5.78 Å². The van der Waals surface area contributed by atoms with Crippen molar-refractivity contribution in [2.24, 2.45) is 0 Å². The van der Waals surface area contributed by atoms with Crippen LogP contribution in [0.3, 0.4) is 0 Å². The highest BCUT2D eigenvalue weighted by Gasteiger charge is 2.12. The van der Waals surface area contributed by atoms with Crippen molar-refractivity contribution in [1.29, 1.82) is 0 Å². The molecule has 3 heteroatoms. The van der Waals surface area contributed by atoms with E-state index in [1.165, 1.54) is 5.56 Å². The molecule has 0 saturated heterocycles. The quantitative estimate of drug-likeness (QED) is 0.726. The Kier molecular flexibility index (Phi) is 4.62. The minimum absolute atomic E-state index is 0.0256. The third kappa shape index (κ3) is 3.37. The van der Waals surface area contributed by atoms with Crippen LogP contribution in [0.15, 0.2) is 42.5 Å². The Morgan fingerprint density at radius 1 is 1.00 bits per heavy atom. The molecule has 0 unspecified atom stereocenters. The maximum atomic E-state index is 12.2. The van der Waals surface area contributed by atoms with Crippen LogP contribution in [-0.4, -0.2) is 5.78 Å². The van der Waals surface area contributed by atoms with Crippen molar-refractivity contribution in [3.8, 4) is 0 Å². The molecular weight excluding hydrogens is 279 g/mol. The fourth-order valence-electron chi connectivity index (χ4n) is 1.89. The monoisotopic (exact) mass is 292 g/mol. The van der Waals surface area contributed by atoms with Crippen molar-refractivity contribution in [3.05, 3.63) is 69.2 Å². The maximum Gasteiger partial charge on any atom is 0.167 e. The van der Waals surface area contributed by atoms with E-state index in [4.69, 9.17) is 23.2 Å². The van der Waals surface area contributed by atoms with Gasteiger partial charge in [0.05, 0.1) is 0 Å². The van der Waals surface area contributed by atoms with Gasteiger partial charge < -0.3 is 0 Å². The van der Waals surface area contributed by atoms with Crippen LogP contribution in [0.5, 0.6) is 0 Å². The van der Waals surface area contributed by atoms with Gasteiger partial charge in [-0.3, -0.25) is 4.79 Å². The number of benzene rings is 2. The number of Topliss-reactive ketones (excluding diaryl/α,β-unsaturated/α-hetero) is 1. The van der Waals surface area contributed by atoms with E-state index in [0.717, 1.165) is 6.42 Å². The van der Waals surface area contributed by atoms with E-state index in [1.807, 2.05) is 24.3 Å². The summed E-state index contributed by atoms with van der Waals surface area (Å²) in [5.41, 5.74) is 2.59. The van der Waals surface area contributed by atoms with Crippen molar-refractivity contribution in [1.82, 2.24) is 0 Å². The third-order valence-corrected chi connectivity index (χ3v) is 3.79. The first-order chi connectivity index (χ1) is 9.11. The molecule has 1 nitrogen and oxygen atoms in total. The first-order valence-electron chi connectivity index (χ1n) is 6.17. The molecule has 2 aromatic rings. The van der Waals surface area contributed by atoms with Crippen LogP contribution in [0.1, 0.15) is 28.4 Å². The van der Waals surface area contributed by atoms with E-state index in [0.29, 0.717) is 21.2 Å². The van der Waals surface area contributed by atoms with Crippen LogP contribution in [0.4, 0.5) is 0 Å². The van der Waals surface area contributed by atoms with Crippen molar-refractivity contribution in [2.75, 3.05) is 0 Å². The Bertz CT molecular complexity index is 568. The van der Waals surface area contributed by atoms with Gasteiger partial charge in [0.1, 0.15) is 0 Å². The molecule has 0 amide bonds. The summed E-state index contributed by atoms with van der Waals surface area (Å²) in [5, 5.41) is 1.07. The molecule has 0 aliphatic carbocycles. The first kappa shape index (κ1) is 14.1. The predicted octanol–water partition coefficient (Wildman–Crippen LogP) is 4.98. The molecule has 0 aliphatic rings. The zero-order valence-electron chi connectivity index (χ0n) is 10.6. The Morgan fingerprint density at radius 3 is 2.11 bits per heavy atom. The normalized spacial score (nSPS) is 10.5. The Morgan fingerprint density at radius 2 is 1.58 bits per heavy atom. The van der Waals surface area contributed by atoms with Crippen molar-refractivity contribution < 1.29 is 4.79 Å². The lowest BCUT2D eigenvalue weighted by Gasteiger charge is -2.06. The molecule has 0 radical (unpaired) electrons. The fourth-order valence-corrected chi connectivity index (χ4v) is 2.42. The lowest BCUT2D eigenvalue weighted by Crippen LogP contribution is -2.04. The largest absolute Gasteiger partial charge is 0.294 e. The summed E-state index contributed by atoms with van der Waals surface area (Å²) in [7, 11) is 0. The molecule has 0 spiro atoms. The molecule has 0 aliphatic heterocycles. The SMILES string of the molecule is CCc1ccc(C(=O)Cc2c(Cl)cccc2Cl)cc1. The molecule has 0 N–H and O–H groups in total. The van der Waals surface area contributed by atoms with Gasteiger partial charge in [-0.2, -0.15) is 0 Å². The molecule has 2 aromatic carbocycles. The number of ketones is 1. The zero-order valence-corrected chi connectivity index (χ0v) is 12.1. The van der Waals surface area contributed by atoms with E-state index >= 15 is 0 Å². The van der Waals surface area contributed by atoms with Crippen molar-refractivity contribution >= 4 is 29.0 Å². The van der Waals surface area contributed by atoms with Gasteiger partial charge in [-0.15, -0.1) is 0 Å². The van der Waals surface area contributed by atoms with Gasteiger partial charge in [0, 0.05) is 22.0 Å². The van der Waals surface area contributed by atoms with Crippen molar-refractivity contribution in [2.45, 2.75) is 19.8 Å². The van der Waals surface area contributed by atoms with Gasteiger partial charge in [0.2, 0.25) is 0 Å². The highest BCUT2D eigenvalue weighted by molar-refractivity contribution is 6.36. The summed E-state index contributed by atoms with van der Waals surface area (Å²) in [6.07, 6.45) is 1.19. The summed E-state index contributed by atoms with van der Waals surface area (Å²) in [5.74, 6) is 0.0256. The topological polar surface area (TPSA) is 17.1 Å². The van der Waals surface area contributed by atoms with E-state index in [9.17, 15) is 4.79 Å². The molecular formula is C16H14Cl2O. The number of aryl methyl sites for hydroxylation is 1. The van der Waals surface area contributed by atoms with Crippen LogP contribution >= 0.6 is 23.2 Å². The number of halogens is 2. The molecule has 98 valence electrons. The standard InChI is InChI=1S/C16H14Cl2O/c1-2-11-6-8-12(9-7-11)16(19)10-13-14(17)4-3-5-15(13)18/h3-9H,2,10H2,1H3. The van der Waals surface area contributed by atoms with Crippen molar-refractivity contribution in [3.63, 3.8) is 0 Å². The predicted molar refractivity (Wildman–Crippen MR) is 80.3 cm³/mol. The lowest BCUT2D eigenvalue weighted by atomic mass is 10.0. The number of hydrogen-bond donors (Lipinski definition) is 0. The lowest BCUT2D eigenvalue weighted by molar-refractivity contribution is 0.0993. The second kappa shape index (κ2) is 6.23. The fraction of sp³-hybridized carbons (Fsp3) is 0.188. The van der Waals surface area contributed by atoms with Crippen LogP contribution in [0.2, 0.25) is 10.0 Å². The summed E-state index contributed by atoms with van der Waals surface area (Å²) < 4.78 is 0. The average Bonchev–Trinajstić information content (AvgIpc) is 2.43. The van der Waals surface area contributed by atoms with E-state index in [2.05, 4.69) is 6.92 Å². The second-order valence-electron chi connectivity index (χ2n) is 4.35. The van der Waals surface area contributed by atoms with Crippen LogP contribution in [0.25, 0.3) is 0 Å². The molecule has 0 bridgehead atoms. The van der Waals surface area contributed by atoms with E-state index in [-0.39, 0.29) is 12.2 Å². The highest BCUT2D eigenvalue weighted by Crippen LogP contribution is 2.25. The number of hydrogen-bond acceptors (Lipinski definition) is 1. The van der Waals surface area contributed by atoms with Gasteiger partial charge >= 0.3 is 0 Å². The first-order valence-corrected chi connectivity index (χ1v) is 6.92. The molecule has 0 heterocycles. The average molecular weight is 293 g/mol. The third-order valence-electron chi connectivity index (χ3n) is 3.08. The smallest absolute Gasteiger partial charge is 0.167 e. The van der Waals surface area contributed by atoms with Crippen LogP contribution in [0, 0.1) is 0 Å². The maximum absolute atomic E-state index is 12.2. The molecule has 0 saturated carbocycles. The Hall–Kier alpha value is -1.31. The number of carbonyl (C=O) groups is 1. The number of rotatable bonds is 4. The minimum atomic E-state index is 0.0256. The van der Waals surface area contributed by atoms with Gasteiger partial charge in [-0.1, -0.05) is 60.5 Å². The van der Waals surface area contributed by atoms with E-state index in [1.54, 1.807) is 18.2 Å². The Labute approximate surface area is 123 Å². The minimum Gasteiger partial charge on any atom is -0.294 e. The second-order valence-corrected chi connectivity index (χ2v) is 5.17. The Balaban J connectivity index is 2.20. The molecule has 19 heavy (non-hydrogen) atoms. The van der Waals surface area contributed by atoms with Crippen LogP contribution < -0.4 is 0 Å². The van der Waals surface area contributed by atoms with Gasteiger partial charge in [-0.05, 0) is 29.7 Å². The number of carbonyl (C=O) groups excluding carboxylic acids is 1. The molecule has 0 atom stereocenters. The summed E-state index contributed by atoms with van der Waals surface area (Å²) in [6, 6.07) is 12.9. The van der Waals surface area contributed by atoms with Gasteiger partial charge in [-0.25, -0.2) is 0 Å². The highest BCUT2D eigenvalue weighted by atomic mass is 35.5. The van der Waals surface area contributed by atoms with Gasteiger partial charge in [0.25, 0.3) is 0 Å². The summed E-state index contributed by atoms with van der Waals surface area (Å²) >= 11 is 12.1. The van der Waals surface area contributed by atoms with Crippen LogP contribution in [-0.2, 0) is 12.8 Å². The summed E-state index contributed by atoms with van der Waals surface area (Å²) in [4.78, 5) is 12.2.